The van der Waals surface area contributed by atoms with Gasteiger partial charge in [-0.05, 0) is 25.5 Å². The van der Waals surface area contributed by atoms with Crippen LogP contribution in [0.25, 0.3) is 0 Å². The first-order chi connectivity index (χ1) is 8.09. The minimum Gasteiger partial charge on any atom is -0.298 e. The summed E-state index contributed by atoms with van der Waals surface area (Å²) in [5.41, 5.74) is 1.76. The summed E-state index contributed by atoms with van der Waals surface area (Å²) in [5, 5.41) is 4.99. The fourth-order valence-corrected chi connectivity index (χ4v) is 3.66. The number of thioether (sulfide) groups is 1. The highest BCUT2D eigenvalue weighted by molar-refractivity contribution is 8.00. The normalized spacial score (nSPS) is 20.5. The molecule has 1 aliphatic rings. The number of halogens is 1. The Morgan fingerprint density at radius 1 is 1.59 bits per heavy atom. The van der Waals surface area contributed by atoms with Crippen LogP contribution in [-0.4, -0.2) is 26.6 Å². The Balaban J connectivity index is 2.07. The number of carbonyl (C=O) groups is 1. The zero-order valence-electron chi connectivity index (χ0n) is 10.2. The molecule has 94 valence electrons. The van der Waals surface area contributed by atoms with Gasteiger partial charge in [0.1, 0.15) is 10.9 Å². The van der Waals surface area contributed by atoms with Crippen LogP contribution in [0.2, 0.25) is 5.15 Å². The monoisotopic (exact) mass is 272 g/mol. The van der Waals surface area contributed by atoms with Crippen molar-refractivity contribution >= 4 is 29.1 Å². The largest absolute Gasteiger partial charge is 0.298 e. The third kappa shape index (κ3) is 2.86. The predicted molar refractivity (Wildman–Crippen MR) is 71.8 cm³/mol. The second-order valence-electron chi connectivity index (χ2n) is 4.48. The number of nitrogens with zero attached hydrogens (tertiary/aromatic N) is 2. The first kappa shape index (κ1) is 13.0. The Morgan fingerprint density at radius 2 is 2.35 bits per heavy atom. The van der Waals surface area contributed by atoms with Gasteiger partial charge in [-0.3, -0.25) is 9.48 Å². The van der Waals surface area contributed by atoms with Crippen LogP contribution in [-0.2, 0) is 18.3 Å². The van der Waals surface area contributed by atoms with Crippen molar-refractivity contribution in [3.05, 3.63) is 16.4 Å². The van der Waals surface area contributed by atoms with Gasteiger partial charge in [0.05, 0.1) is 10.9 Å². The minimum absolute atomic E-state index is 0.166. The fraction of sp³-hybridized carbons (Fsp3) is 0.667. The molecule has 1 atom stereocenters. The van der Waals surface area contributed by atoms with Crippen molar-refractivity contribution in [2.24, 2.45) is 7.05 Å². The third-order valence-corrected chi connectivity index (χ3v) is 5.06. The molecule has 1 aromatic heterocycles. The third-order valence-electron chi connectivity index (χ3n) is 3.16. The van der Waals surface area contributed by atoms with Crippen molar-refractivity contribution < 1.29 is 4.79 Å². The highest BCUT2D eigenvalue weighted by atomic mass is 35.5. The maximum atomic E-state index is 12.2. The maximum absolute atomic E-state index is 12.2. The molecule has 1 aliphatic heterocycles. The summed E-state index contributed by atoms with van der Waals surface area (Å²) in [6.07, 6.45) is 3.85. The van der Waals surface area contributed by atoms with Crippen LogP contribution < -0.4 is 0 Å². The molecule has 0 aliphatic carbocycles. The van der Waals surface area contributed by atoms with E-state index in [4.69, 9.17) is 11.6 Å². The average molecular weight is 273 g/mol. The van der Waals surface area contributed by atoms with E-state index >= 15 is 0 Å². The number of hydrogen-bond donors (Lipinski definition) is 0. The molecule has 0 spiro atoms. The molecule has 1 aromatic rings. The number of carbonyl (C=O) groups excluding carboxylic acids is 1. The molecular weight excluding hydrogens is 256 g/mol. The second kappa shape index (κ2) is 5.44. The van der Waals surface area contributed by atoms with Gasteiger partial charge in [-0.15, -0.1) is 0 Å². The molecular formula is C12H17ClN2OS. The summed E-state index contributed by atoms with van der Waals surface area (Å²) in [6, 6.07) is 0. The molecule has 2 heterocycles. The van der Waals surface area contributed by atoms with Crippen LogP contribution in [0, 0.1) is 6.92 Å². The van der Waals surface area contributed by atoms with Crippen LogP contribution in [0.5, 0.6) is 0 Å². The summed E-state index contributed by atoms with van der Waals surface area (Å²) < 4.78 is 1.63. The van der Waals surface area contributed by atoms with Gasteiger partial charge < -0.3 is 0 Å². The van der Waals surface area contributed by atoms with Gasteiger partial charge in [-0.1, -0.05) is 18.0 Å². The highest BCUT2D eigenvalue weighted by Gasteiger charge is 2.24. The lowest BCUT2D eigenvalue weighted by molar-refractivity contribution is -0.118. The van der Waals surface area contributed by atoms with Crippen molar-refractivity contribution in [1.29, 1.82) is 0 Å². The Labute approximate surface area is 111 Å². The van der Waals surface area contributed by atoms with E-state index in [9.17, 15) is 4.79 Å². The van der Waals surface area contributed by atoms with Crippen molar-refractivity contribution in [3.63, 3.8) is 0 Å². The van der Waals surface area contributed by atoms with Gasteiger partial charge in [0.15, 0.2) is 0 Å². The standard InChI is InChI=1S/C12H17ClN2OS/c1-8-9(12(13)15(2)14-8)7-10(16)11-5-3-4-6-17-11/h11H,3-7H2,1-2H3. The fourth-order valence-electron chi connectivity index (χ4n) is 2.16. The molecule has 0 N–H and O–H groups in total. The first-order valence-electron chi connectivity index (χ1n) is 5.92. The lowest BCUT2D eigenvalue weighted by Crippen LogP contribution is -2.22. The first-order valence-corrected chi connectivity index (χ1v) is 7.34. The molecule has 2 rings (SSSR count). The van der Waals surface area contributed by atoms with E-state index in [1.54, 1.807) is 23.5 Å². The number of ketones is 1. The Hall–Kier alpha value is -0.480. The van der Waals surface area contributed by atoms with Crippen molar-refractivity contribution in [1.82, 2.24) is 9.78 Å². The van der Waals surface area contributed by atoms with E-state index in [-0.39, 0.29) is 5.25 Å². The Morgan fingerprint density at radius 3 is 2.88 bits per heavy atom. The van der Waals surface area contributed by atoms with Crippen molar-refractivity contribution in [2.45, 2.75) is 37.9 Å². The van der Waals surface area contributed by atoms with Gasteiger partial charge in [0.2, 0.25) is 0 Å². The van der Waals surface area contributed by atoms with E-state index < -0.39 is 0 Å². The van der Waals surface area contributed by atoms with Crippen LogP contribution in [0.4, 0.5) is 0 Å². The summed E-state index contributed by atoms with van der Waals surface area (Å²) in [5.74, 6) is 1.41. The molecule has 0 saturated carbocycles. The van der Waals surface area contributed by atoms with Gasteiger partial charge in [-0.25, -0.2) is 0 Å². The van der Waals surface area contributed by atoms with E-state index in [0.29, 0.717) is 17.4 Å². The molecule has 1 unspecified atom stereocenters. The summed E-state index contributed by atoms with van der Waals surface area (Å²) >= 11 is 7.93. The average Bonchev–Trinajstić information content (AvgIpc) is 2.57. The molecule has 0 radical (unpaired) electrons. The van der Waals surface area contributed by atoms with Gasteiger partial charge >= 0.3 is 0 Å². The minimum atomic E-state index is 0.166. The predicted octanol–water partition coefficient (Wildman–Crippen LogP) is 2.78. The number of Topliss-reactive ketones (excluding diaryl/α,β-unsaturated/α-hetero) is 1. The zero-order valence-corrected chi connectivity index (χ0v) is 11.8. The number of aromatic nitrogens is 2. The van der Waals surface area contributed by atoms with Crippen LogP contribution in [0.3, 0.4) is 0 Å². The Kier molecular flexibility index (Phi) is 4.15. The van der Waals surface area contributed by atoms with Gasteiger partial charge in [0, 0.05) is 19.0 Å². The summed E-state index contributed by atoms with van der Waals surface area (Å²) in [4.78, 5) is 12.2. The summed E-state index contributed by atoms with van der Waals surface area (Å²) in [6.45, 7) is 1.91. The SMILES string of the molecule is Cc1nn(C)c(Cl)c1CC(=O)C1CCCCS1. The molecule has 1 saturated heterocycles. The molecule has 17 heavy (non-hydrogen) atoms. The van der Waals surface area contributed by atoms with Crippen molar-refractivity contribution in [2.75, 3.05) is 5.75 Å². The molecule has 0 amide bonds. The van der Waals surface area contributed by atoms with E-state index in [2.05, 4.69) is 5.10 Å². The van der Waals surface area contributed by atoms with Crippen molar-refractivity contribution in [3.8, 4) is 0 Å². The molecule has 0 bridgehead atoms. The molecule has 1 fully saturated rings. The van der Waals surface area contributed by atoms with E-state index in [0.717, 1.165) is 23.4 Å². The van der Waals surface area contributed by atoms with Gasteiger partial charge in [-0.2, -0.15) is 16.9 Å². The number of aryl methyl sites for hydroxylation is 2. The Bertz CT molecular complexity index is 424. The quantitative estimate of drug-likeness (QED) is 0.849. The van der Waals surface area contributed by atoms with Crippen LogP contribution in [0.1, 0.15) is 30.5 Å². The molecule has 0 aromatic carbocycles. The smallest absolute Gasteiger partial charge is 0.150 e. The molecule has 3 nitrogen and oxygen atoms in total. The van der Waals surface area contributed by atoms with Crippen LogP contribution in [0.15, 0.2) is 0 Å². The topological polar surface area (TPSA) is 34.9 Å². The lowest BCUT2D eigenvalue weighted by atomic mass is 10.0. The van der Waals surface area contributed by atoms with E-state index in [1.807, 2.05) is 6.92 Å². The summed E-state index contributed by atoms with van der Waals surface area (Å²) in [7, 11) is 1.80. The number of hydrogen-bond acceptors (Lipinski definition) is 3. The highest BCUT2D eigenvalue weighted by Crippen LogP contribution is 2.28. The van der Waals surface area contributed by atoms with Gasteiger partial charge in [0.25, 0.3) is 0 Å². The van der Waals surface area contributed by atoms with E-state index in [1.165, 1.54) is 12.8 Å². The maximum Gasteiger partial charge on any atom is 0.150 e. The molecule has 5 heteroatoms. The van der Waals surface area contributed by atoms with Crippen LogP contribution >= 0.6 is 23.4 Å². The lowest BCUT2D eigenvalue weighted by Gasteiger charge is -2.19. The second-order valence-corrected chi connectivity index (χ2v) is 6.15. The zero-order chi connectivity index (χ0) is 12.4. The number of rotatable bonds is 3.